The second-order valence-corrected chi connectivity index (χ2v) is 8.07. The van der Waals surface area contributed by atoms with Crippen molar-refractivity contribution in [2.45, 2.75) is 38.5 Å². The van der Waals surface area contributed by atoms with E-state index in [9.17, 15) is 5.11 Å². The summed E-state index contributed by atoms with van der Waals surface area (Å²) in [7, 11) is 0. The average Bonchev–Trinajstić information content (AvgIpc) is 3.61. The van der Waals surface area contributed by atoms with Gasteiger partial charge in [-0.05, 0) is 44.0 Å². The molecule has 0 saturated heterocycles. The summed E-state index contributed by atoms with van der Waals surface area (Å²) in [6.07, 6.45) is 6.88. The lowest BCUT2D eigenvalue weighted by atomic mass is 10.2. The number of nitrogens with zero attached hydrogens (tertiary/aromatic N) is 3. The number of benzene rings is 2. The van der Waals surface area contributed by atoms with E-state index in [0.29, 0.717) is 25.0 Å². The largest absolute Gasteiger partial charge is 0.439 e. The third kappa shape index (κ3) is 5.57. The van der Waals surface area contributed by atoms with Crippen molar-refractivity contribution in [3.05, 3.63) is 71.9 Å². The predicted molar refractivity (Wildman–Crippen MR) is 124 cm³/mol. The van der Waals surface area contributed by atoms with Crippen LogP contribution in [-0.4, -0.2) is 51.7 Å². The SMILES string of the molecule is C#CCOC[C@H](O)CN(Cc1c(C)nn(-c2ccccc2)c1Oc1ccccc1)C1CC1. The van der Waals surface area contributed by atoms with Gasteiger partial charge in [0, 0.05) is 19.1 Å². The maximum atomic E-state index is 10.5. The highest BCUT2D eigenvalue weighted by atomic mass is 16.5. The molecule has 0 radical (unpaired) electrons. The van der Waals surface area contributed by atoms with E-state index in [1.54, 1.807) is 0 Å². The lowest BCUT2D eigenvalue weighted by molar-refractivity contribution is 0.0241. The molecule has 1 atom stereocenters. The molecule has 1 heterocycles. The Bertz CT molecular complexity index is 1040. The van der Waals surface area contributed by atoms with Crippen molar-refractivity contribution >= 4 is 0 Å². The smallest absolute Gasteiger partial charge is 0.227 e. The molecule has 1 aliphatic carbocycles. The van der Waals surface area contributed by atoms with E-state index in [2.05, 4.69) is 10.8 Å². The Morgan fingerprint density at radius 3 is 2.50 bits per heavy atom. The number of ether oxygens (including phenoxy) is 2. The van der Waals surface area contributed by atoms with Crippen LogP contribution in [0.3, 0.4) is 0 Å². The van der Waals surface area contributed by atoms with Gasteiger partial charge < -0.3 is 14.6 Å². The first-order valence-electron chi connectivity index (χ1n) is 11.0. The number of rotatable bonds is 11. The van der Waals surface area contributed by atoms with E-state index in [1.165, 1.54) is 0 Å². The zero-order valence-corrected chi connectivity index (χ0v) is 18.4. The number of hydrogen-bond donors (Lipinski definition) is 1. The fourth-order valence-electron chi connectivity index (χ4n) is 3.73. The van der Waals surface area contributed by atoms with E-state index >= 15 is 0 Å². The molecule has 4 rings (SSSR count). The fourth-order valence-corrected chi connectivity index (χ4v) is 3.73. The van der Waals surface area contributed by atoms with Crippen LogP contribution in [0.4, 0.5) is 0 Å². The molecule has 0 spiro atoms. The van der Waals surface area contributed by atoms with E-state index in [4.69, 9.17) is 21.0 Å². The topological polar surface area (TPSA) is 59.8 Å². The summed E-state index contributed by atoms with van der Waals surface area (Å²) in [5.74, 6) is 3.89. The molecule has 2 aromatic carbocycles. The number of aliphatic hydroxyl groups is 1. The molecule has 166 valence electrons. The van der Waals surface area contributed by atoms with Gasteiger partial charge in [-0.25, -0.2) is 4.68 Å². The number of aromatic nitrogens is 2. The van der Waals surface area contributed by atoms with Gasteiger partial charge in [-0.3, -0.25) is 4.90 Å². The lowest BCUT2D eigenvalue weighted by Gasteiger charge is -2.25. The molecule has 1 aliphatic rings. The van der Waals surface area contributed by atoms with Crippen molar-refractivity contribution in [2.75, 3.05) is 19.8 Å². The Morgan fingerprint density at radius 2 is 1.84 bits per heavy atom. The van der Waals surface area contributed by atoms with Crippen molar-refractivity contribution in [1.29, 1.82) is 0 Å². The van der Waals surface area contributed by atoms with Gasteiger partial charge in [0.2, 0.25) is 5.88 Å². The summed E-state index contributed by atoms with van der Waals surface area (Å²) < 4.78 is 13.6. The van der Waals surface area contributed by atoms with Crippen LogP contribution in [-0.2, 0) is 11.3 Å². The first-order valence-corrected chi connectivity index (χ1v) is 11.0. The molecule has 6 nitrogen and oxygen atoms in total. The van der Waals surface area contributed by atoms with Crippen LogP contribution in [0, 0.1) is 19.3 Å². The molecule has 0 aliphatic heterocycles. The minimum Gasteiger partial charge on any atom is -0.439 e. The van der Waals surface area contributed by atoms with Gasteiger partial charge in [0.05, 0.1) is 29.7 Å². The van der Waals surface area contributed by atoms with E-state index in [-0.39, 0.29) is 13.2 Å². The van der Waals surface area contributed by atoms with Crippen LogP contribution in [0.15, 0.2) is 60.7 Å². The predicted octanol–water partition coefficient (Wildman–Crippen LogP) is 3.95. The highest BCUT2D eigenvalue weighted by Gasteiger charge is 2.32. The fraction of sp³-hybridized carbons (Fsp3) is 0.346. The van der Waals surface area contributed by atoms with Crippen molar-refractivity contribution in [1.82, 2.24) is 14.7 Å². The molecule has 0 bridgehead atoms. The van der Waals surface area contributed by atoms with E-state index in [0.717, 1.165) is 35.5 Å². The highest BCUT2D eigenvalue weighted by molar-refractivity contribution is 5.43. The maximum Gasteiger partial charge on any atom is 0.227 e. The normalized spacial score (nSPS) is 14.3. The number of hydrogen-bond acceptors (Lipinski definition) is 5. The number of aryl methyl sites for hydroxylation is 1. The number of aliphatic hydroxyl groups excluding tert-OH is 1. The van der Waals surface area contributed by atoms with Gasteiger partial charge in [-0.1, -0.05) is 42.3 Å². The van der Waals surface area contributed by atoms with Gasteiger partial charge in [0.25, 0.3) is 0 Å². The maximum absolute atomic E-state index is 10.5. The van der Waals surface area contributed by atoms with Gasteiger partial charge in [-0.2, -0.15) is 5.10 Å². The van der Waals surface area contributed by atoms with Crippen molar-refractivity contribution in [2.24, 2.45) is 0 Å². The minimum atomic E-state index is -0.605. The third-order valence-electron chi connectivity index (χ3n) is 5.46. The Hall–Kier alpha value is -3.11. The molecule has 1 fully saturated rings. The van der Waals surface area contributed by atoms with Crippen LogP contribution in [0.5, 0.6) is 11.6 Å². The average molecular weight is 432 g/mol. The molecule has 1 N–H and O–H groups in total. The monoisotopic (exact) mass is 431 g/mol. The Morgan fingerprint density at radius 1 is 1.16 bits per heavy atom. The van der Waals surface area contributed by atoms with E-state index in [1.807, 2.05) is 72.3 Å². The summed E-state index contributed by atoms with van der Waals surface area (Å²) in [6, 6.07) is 20.2. The third-order valence-corrected chi connectivity index (χ3v) is 5.46. The van der Waals surface area contributed by atoms with Gasteiger partial charge >= 0.3 is 0 Å². The molecule has 0 unspecified atom stereocenters. The van der Waals surface area contributed by atoms with Crippen molar-refractivity contribution < 1.29 is 14.6 Å². The molecular weight excluding hydrogens is 402 g/mol. The highest BCUT2D eigenvalue weighted by Crippen LogP contribution is 2.35. The molecule has 3 aromatic rings. The van der Waals surface area contributed by atoms with Crippen molar-refractivity contribution in [3.8, 4) is 29.7 Å². The summed E-state index contributed by atoms with van der Waals surface area (Å²) in [4.78, 5) is 2.29. The summed E-state index contributed by atoms with van der Waals surface area (Å²) in [5.41, 5.74) is 2.86. The van der Waals surface area contributed by atoms with Gasteiger partial charge in [0.1, 0.15) is 12.4 Å². The molecule has 1 saturated carbocycles. The van der Waals surface area contributed by atoms with Gasteiger partial charge in [0.15, 0.2) is 0 Å². The second kappa shape index (κ2) is 10.5. The summed E-state index contributed by atoms with van der Waals surface area (Å²) in [5, 5.41) is 15.3. The van der Waals surface area contributed by atoms with Crippen LogP contribution in [0.25, 0.3) is 5.69 Å². The standard InChI is InChI=1S/C26H29N3O3/c1-3-16-31-19-23(30)17-28(21-14-15-21)18-25-20(2)27-29(22-10-6-4-7-11-22)26(25)32-24-12-8-5-9-13-24/h1,4-13,21,23,30H,14-19H2,2H3/t23-/m1/s1. The van der Waals surface area contributed by atoms with Crippen LogP contribution in [0.1, 0.15) is 24.1 Å². The quantitative estimate of drug-likeness (QED) is 0.368. The molecule has 32 heavy (non-hydrogen) atoms. The van der Waals surface area contributed by atoms with Crippen LogP contribution < -0.4 is 4.74 Å². The first-order chi connectivity index (χ1) is 15.7. The Balaban J connectivity index is 1.62. The Kier molecular flexibility index (Phi) is 7.23. The second-order valence-electron chi connectivity index (χ2n) is 8.07. The summed E-state index contributed by atoms with van der Waals surface area (Å²) >= 11 is 0. The Labute approximate surface area is 189 Å². The molecular formula is C26H29N3O3. The first kappa shape index (κ1) is 22.1. The zero-order valence-electron chi connectivity index (χ0n) is 18.4. The van der Waals surface area contributed by atoms with Crippen LogP contribution >= 0.6 is 0 Å². The molecule has 6 heteroatoms. The summed E-state index contributed by atoms with van der Waals surface area (Å²) in [6.45, 7) is 3.58. The number of terminal acetylenes is 1. The minimum absolute atomic E-state index is 0.207. The van der Waals surface area contributed by atoms with Gasteiger partial charge in [-0.15, -0.1) is 6.42 Å². The van der Waals surface area contributed by atoms with Crippen LogP contribution in [0.2, 0.25) is 0 Å². The molecule has 0 amide bonds. The molecule has 1 aromatic heterocycles. The lowest BCUT2D eigenvalue weighted by Crippen LogP contribution is -2.36. The number of para-hydroxylation sites is 2. The van der Waals surface area contributed by atoms with Crippen molar-refractivity contribution in [3.63, 3.8) is 0 Å². The van der Waals surface area contributed by atoms with E-state index < -0.39 is 6.10 Å². The zero-order chi connectivity index (χ0) is 22.3.